The molecule has 3 heterocycles. The molecule has 1 N–H and O–H groups in total. The molecule has 0 saturated carbocycles. The summed E-state index contributed by atoms with van der Waals surface area (Å²) in [7, 11) is 1.75. The van der Waals surface area contributed by atoms with Gasteiger partial charge in [-0.1, -0.05) is 42.4 Å². The van der Waals surface area contributed by atoms with Gasteiger partial charge in [-0.05, 0) is 31.5 Å². The van der Waals surface area contributed by atoms with Crippen LogP contribution in [0.1, 0.15) is 41.5 Å². The zero-order valence-electron chi connectivity index (χ0n) is 17.0. The van der Waals surface area contributed by atoms with Crippen LogP contribution in [0.2, 0.25) is 0 Å². The molecule has 30 heavy (non-hydrogen) atoms. The van der Waals surface area contributed by atoms with Crippen LogP contribution in [-0.4, -0.2) is 30.8 Å². The normalized spacial score (nSPS) is 12.0. The van der Waals surface area contributed by atoms with Crippen molar-refractivity contribution in [3.63, 3.8) is 0 Å². The molecular weight excluding hydrogens is 380 g/mol. The largest absolute Gasteiger partial charge is 0.339 e. The van der Waals surface area contributed by atoms with Crippen LogP contribution in [0.3, 0.4) is 0 Å². The van der Waals surface area contributed by atoms with Gasteiger partial charge in [-0.3, -0.25) is 14.5 Å². The summed E-state index contributed by atoms with van der Waals surface area (Å²) < 4.78 is 7.01. The summed E-state index contributed by atoms with van der Waals surface area (Å²) in [6, 6.07) is 14.8. The SMILES string of the molecule is CC[C@H](NC(=O)c1cc(-c2ccccc2)nn1C)c1nc(-c2ccnc(C)c2)no1. The molecule has 152 valence electrons. The molecule has 0 aliphatic heterocycles. The molecule has 0 aliphatic rings. The van der Waals surface area contributed by atoms with Crippen LogP contribution in [-0.2, 0) is 7.05 Å². The van der Waals surface area contributed by atoms with Crippen LogP contribution >= 0.6 is 0 Å². The van der Waals surface area contributed by atoms with Crippen molar-refractivity contribution >= 4 is 5.91 Å². The Morgan fingerprint density at radius 2 is 1.97 bits per heavy atom. The van der Waals surface area contributed by atoms with Gasteiger partial charge in [0.25, 0.3) is 5.91 Å². The molecule has 0 spiro atoms. The summed E-state index contributed by atoms with van der Waals surface area (Å²) in [4.78, 5) is 21.6. The third-order valence-electron chi connectivity index (χ3n) is 4.79. The minimum Gasteiger partial charge on any atom is -0.339 e. The summed E-state index contributed by atoms with van der Waals surface area (Å²) in [5.41, 5.74) is 3.83. The maximum Gasteiger partial charge on any atom is 0.270 e. The summed E-state index contributed by atoms with van der Waals surface area (Å²) in [5.74, 6) is 0.578. The van der Waals surface area contributed by atoms with Gasteiger partial charge >= 0.3 is 0 Å². The Kier molecular flexibility index (Phi) is 5.38. The molecule has 0 bridgehead atoms. The summed E-state index contributed by atoms with van der Waals surface area (Å²) in [6.07, 6.45) is 2.30. The Hall–Kier alpha value is -3.81. The van der Waals surface area contributed by atoms with E-state index >= 15 is 0 Å². The zero-order valence-corrected chi connectivity index (χ0v) is 17.0. The number of nitrogens with zero attached hydrogens (tertiary/aromatic N) is 5. The minimum absolute atomic E-state index is 0.251. The molecule has 3 aromatic heterocycles. The van der Waals surface area contributed by atoms with Gasteiger partial charge in [-0.25, -0.2) is 0 Å². The van der Waals surface area contributed by atoms with E-state index in [1.807, 2.05) is 56.3 Å². The van der Waals surface area contributed by atoms with E-state index in [1.165, 1.54) is 0 Å². The van der Waals surface area contributed by atoms with Crippen molar-refractivity contribution in [1.82, 2.24) is 30.2 Å². The Morgan fingerprint density at radius 1 is 1.17 bits per heavy atom. The first-order valence-corrected chi connectivity index (χ1v) is 9.72. The molecule has 0 unspecified atom stereocenters. The Bertz CT molecular complexity index is 1170. The molecule has 1 amide bonds. The van der Waals surface area contributed by atoms with Gasteiger partial charge in [-0.15, -0.1) is 0 Å². The van der Waals surface area contributed by atoms with Crippen molar-refractivity contribution in [1.29, 1.82) is 0 Å². The fourth-order valence-corrected chi connectivity index (χ4v) is 3.18. The molecule has 1 atom stereocenters. The van der Waals surface area contributed by atoms with Crippen molar-refractivity contribution in [3.05, 3.63) is 72.0 Å². The number of nitrogens with one attached hydrogen (secondary N) is 1. The number of hydrogen-bond donors (Lipinski definition) is 1. The zero-order chi connectivity index (χ0) is 21.1. The molecular formula is C22H22N6O2. The third-order valence-corrected chi connectivity index (χ3v) is 4.79. The van der Waals surface area contributed by atoms with Gasteiger partial charge in [0, 0.05) is 30.1 Å². The minimum atomic E-state index is -0.406. The van der Waals surface area contributed by atoms with Gasteiger partial charge in [0.1, 0.15) is 11.7 Å². The summed E-state index contributed by atoms with van der Waals surface area (Å²) in [6.45, 7) is 3.85. The van der Waals surface area contributed by atoms with Crippen LogP contribution in [0.5, 0.6) is 0 Å². The van der Waals surface area contributed by atoms with E-state index in [-0.39, 0.29) is 5.91 Å². The highest BCUT2D eigenvalue weighted by Crippen LogP contribution is 2.22. The summed E-state index contributed by atoms with van der Waals surface area (Å²) >= 11 is 0. The van der Waals surface area contributed by atoms with E-state index in [9.17, 15) is 4.79 Å². The van der Waals surface area contributed by atoms with Crippen molar-refractivity contribution in [3.8, 4) is 22.6 Å². The van der Waals surface area contributed by atoms with E-state index in [1.54, 1.807) is 24.0 Å². The monoisotopic (exact) mass is 402 g/mol. The molecule has 1 aromatic carbocycles. The Balaban J connectivity index is 1.53. The van der Waals surface area contributed by atoms with Crippen LogP contribution in [0.4, 0.5) is 0 Å². The maximum atomic E-state index is 12.9. The number of hydrogen-bond acceptors (Lipinski definition) is 6. The lowest BCUT2D eigenvalue weighted by Crippen LogP contribution is -2.30. The molecule has 8 nitrogen and oxygen atoms in total. The van der Waals surface area contributed by atoms with E-state index in [0.717, 1.165) is 22.5 Å². The number of carbonyl (C=O) groups is 1. The van der Waals surface area contributed by atoms with Crippen LogP contribution < -0.4 is 5.32 Å². The molecule has 0 fully saturated rings. The predicted molar refractivity (Wildman–Crippen MR) is 111 cm³/mol. The van der Waals surface area contributed by atoms with Crippen LogP contribution in [0, 0.1) is 6.92 Å². The number of benzene rings is 1. The highest BCUT2D eigenvalue weighted by atomic mass is 16.5. The first kappa shape index (κ1) is 19.5. The van der Waals surface area contributed by atoms with Crippen molar-refractivity contribution in [2.24, 2.45) is 7.05 Å². The van der Waals surface area contributed by atoms with E-state index in [0.29, 0.717) is 23.8 Å². The quantitative estimate of drug-likeness (QED) is 0.528. The van der Waals surface area contributed by atoms with Gasteiger partial charge in [0.05, 0.1) is 5.69 Å². The average Bonchev–Trinajstić information content (AvgIpc) is 3.40. The number of carbonyl (C=O) groups excluding carboxylic acids is 1. The van der Waals surface area contributed by atoms with Gasteiger partial charge in [-0.2, -0.15) is 10.1 Å². The maximum absolute atomic E-state index is 12.9. The number of aryl methyl sites for hydroxylation is 2. The second-order valence-electron chi connectivity index (χ2n) is 6.98. The number of aromatic nitrogens is 5. The molecule has 8 heteroatoms. The van der Waals surface area contributed by atoms with Crippen molar-refractivity contribution in [2.45, 2.75) is 26.3 Å². The number of amides is 1. The smallest absolute Gasteiger partial charge is 0.270 e. The second-order valence-corrected chi connectivity index (χ2v) is 6.98. The highest BCUT2D eigenvalue weighted by Gasteiger charge is 2.23. The number of pyridine rings is 1. The second kappa shape index (κ2) is 8.28. The molecule has 0 aliphatic carbocycles. The lowest BCUT2D eigenvalue weighted by atomic mass is 10.1. The number of rotatable bonds is 6. The lowest BCUT2D eigenvalue weighted by Gasteiger charge is -2.12. The highest BCUT2D eigenvalue weighted by molar-refractivity contribution is 5.93. The van der Waals surface area contributed by atoms with Crippen molar-refractivity contribution < 1.29 is 9.32 Å². The Morgan fingerprint density at radius 3 is 2.70 bits per heavy atom. The van der Waals surface area contributed by atoms with E-state index in [2.05, 4.69) is 25.5 Å². The van der Waals surface area contributed by atoms with Crippen LogP contribution in [0.15, 0.2) is 59.3 Å². The fraction of sp³-hybridized carbons (Fsp3) is 0.227. The van der Waals surface area contributed by atoms with Gasteiger partial charge in [0.2, 0.25) is 11.7 Å². The average molecular weight is 402 g/mol. The van der Waals surface area contributed by atoms with Gasteiger partial charge < -0.3 is 9.84 Å². The molecule has 4 rings (SSSR count). The molecule has 0 saturated heterocycles. The topological polar surface area (TPSA) is 98.7 Å². The molecule has 4 aromatic rings. The predicted octanol–water partition coefficient (Wildman–Crippen LogP) is 3.72. The Labute approximate surface area is 174 Å². The third kappa shape index (κ3) is 3.98. The standard InChI is InChI=1S/C22H22N6O2/c1-4-17(22-25-20(27-30-22)16-10-11-23-14(2)12-16)24-21(29)19-13-18(26-28(19)3)15-8-6-5-7-9-15/h5-13,17H,4H2,1-3H3,(H,24,29)/t17-/m0/s1. The first-order valence-electron chi connectivity index (χ1n) is 9.72. The first-order chi connectivity index (χ1) is 14.5. The van der Waals surface area contributed by atoms with E-state index < -0.39 is 6.04 Å². The van der Waals surface area contributed by atoms with Gasteiger partial charge in [0.15, 0.2) is 0 Å². The van der Waals surface area contributed by atoms with Crippen LogP contribution in [0.25, 0.3) is 22.6 Å². The lowest BCUT2D eigenvalue weighted by molar-refractivity contribution is 0.0917. The summed E-state index contributed by atoms with van der Waals surface area (Å²) in [5, 5.41) is 11.5. The fourth-order valence-electron chi connectivity index (χ4n) is 3.18. The van der Waals surface area contributed by atoms with E-state index in [4.69, 9.17) is 4.52 Å². The molecule has 0 radical (unpaired) electrons. The van der Waals surface area contributed by atoms with Crippen molar-refractivity contribution in [2.75, 3.05) is 0 Å².